The molecule has 0 radical (unpaired) electrons. The van der Waals surface area contributed by atoms with Crippen LogP contribution in [0.3, 0.4) is 0 Å². The first kappa shape index (κ1) is 19.5. The number of carbonyl (C=O) groups excluding carboxylic acids is 2. The molecular weight excluding hydrogens is 386 g/mol. The van der Waals surface area contributed by atoms with Crippen molar-refractivity contribution in [2.24, 2.45) is 0 Å². The summed E-state index contributed by atoms with van der Waals surface area (Å²) in [5, 5.41) is 4.75. The van der Waals surface area contributed by atoms with Crippen LogP contribution in [-0.4, -0.2) is 55.6 Å². The number of sulfonamides is 1. The number of hydrogen-bond acceptors (Lipinski definition) is 5. The predicted molar refractivity (Wildman–Crippen MR) is 103 cm³/mol. The van der Waals surface area contributed by atoms with E-state index in [-0.39, 0.29) is 29.8 Å². The number of nitrogens with one attached hydrogen (secondary N) is 1. The zero-order valence-corrected chi connectivity index (χ0v) is 16.6. The maximum atomic E-state index is 12.7. The summed E-state index contributed by atoms with van der Waals surface area (Å²) in [6, 6.07) is 9.79. The smallest absolute Gasteiger partial charge is 0.251 e. The van der Waals surface area contributed by atoms with Gasteiger partial charge in [-0.1, -0.05) is 6.07 Å². The second-order valence-corrected chi connectivity index (χ2v) is 9.17. The van der Waals surface area contributed by atoms with E-state index in [2.05, 4.69) is 5.32 Å². The molecule has 2 aromatic rings. The van der Waals surface area contributed by atoms with Gasteiger partial charge in [0, 0.05) is 43.5 Å². The maximum absolute atomic E-state index is 12.7. The first-order valence-corrected chi connectivity index (χ1v) is 10.9. The molecule has 1 N–H and O–H groups in total. The Bertz CT molecular complexity index is 901. The van der Waals surface area contributed by atoms with E-state index in [1.165, 1.54) is 35.5 Å². The number of thiophene rings is 1. The summed E-state index contributed by atoms with van der Waals surface area (Å²) >= 11 is 1.56. The Morgan fingerprint density at radius 3 is 2.30 bits per heavy atom. The third-order valence-electron chi connectivity index (χ3n) is 4.44. The van der Waals surface area contributed by atoms with Crippen molar-refractivity contribution in [2.45, 2.75) is 18.4 Å². The van der Waals surface area contributed by atoms with Crippen molar-refractivity contribution in [1.29, 1.82) is 0 Å². The molecule has 27 heavy (non-hydrogen) atoms. The third-order valence-corrected chi connectivity index (χ3v) is 7.23. The quantitative estimate of drug-likeness (QED) is 0.814. The summed E-state index contributed by atoms with van der Waals surface area (Å²) in [6.07, 6.45) is 0. The number of benzene rings is 1. The van der Waals surface area contributed by atoms with Crippen molar-refractivity contribution >= 4 is 33.2 Å². The van der Waals surface area contributed by atoms with Gasteiger partial charge in [-0.25, -0.2) is 8.42 Å². The lowest BCUT2D eigenvalue weighted by Gasteiger charge is -2.33. The molecule has 0 aliphatic carbocycles. The summed E-state index contributed by atoms with van der Waals surface area (Å²) in [5.41, 5.74) is 0.409. The molecule has 2 heterocycles. The molecule has 144 valence electrons. The molecule has 1 saturated heterocycles. The van der Waals surface area contributed by atoms with Gasteiger partial charge in [0.2, 0.25) is 15.9 Å². The Hall–Kier alpha value is -2.23. The molecule has 7 nitrogen and oxygen atoms in total. The molecule has 9 heteroatoms. The van der Waals surface area contributed by atoms with Gasteiger partial charge >= 0.3 is 0 Å². The van der Waals surface area contributed by atoms with Crippen molar-refractivity contribution in [2.75, 3.05) is 26.2 Å². The largest absolute Gasteiger partial charge is 0.347 e. The zero-order chi connectivity index (χ0) is 19.4. The summed E-state index contributed by atoms with van der Waals surface area (Å²) < 4.78 is 26.9. The van der Waals surface area contributed by atoms with Crippen LogP contribution in [0.4, 0.5) is 0 Å². The van der Waals surface area contributed by atoms with E-state index < -0.39 is 10.0 Å². The number of rotatable bonds is 5. The van der Waals surface area contributed by atoms with Gasteiger partial charge in [0.25, 0.3) is 5.91 Å². The molecule has 1 aromatic heterocycles. The van der Waals surface area contributed by atoms with Gasteiger partial charge in [0.15, 0.2) is 0 Å². The molecule has 1 aromatic carbocycles. The van der Waals surface area contributed by atoms with Crippen molar-refractivity contribution in [3.63, 3.8) is 0 Å². The van der Waals surface area contributed by atoms with Crippen LogP contribution in [-0.2, 0) is 21.4 Å². The van der Waals surface area contributed by atoms with Crippen LogP contribution in [0.15, 0.2) is 46.7 Å². The first-order chi connectivity index (χ1) is 12.9. The molecule has 0 spiro atoms. The molecule has 1 aliphatic heterocycles. The lowest BCUT2D eigenvalue weighted by Crippen LogP contribution is -2.49. The standard InChI is InChI=1S/C18H21N3O4S2/c1-14(22)20-8-10-21(11-9-20)27(24,25)17-6-4-15(5-7-17)18(23)19-13-16-3-2-12-26-16/h2-7,12H,8-11,13H2,1H3,(H,19,23). The van der Waals surface area contributed by atoms with Crippen LogP contribution in [0.5, 0.6) is 0 Å². The zero-order valence-electron chi connectivity index (χ0n) is 14.9. The average Bonchev–Trinajstić information content (AvgIpc) is 3.20. The highest BCUT2D eigenvalue weighted by Crippen LogP contribution is 2.18. The minimum atomic E-state index is -3.64. The molecule has 2 amide bonds. The van der Waals surface area contributed by atoms with Crippen LogP contribution in [0.2, 0.25) is 0 Å². The molecule has 3 rings (SSSR count). The summed E-state index contributed by atoms with van der Waals surface area (Å²) in [4.78, 5) is 26.4. The highest BCUT2D eigenvalue weighted by atomic mass is 32.2. The normalized spacial score (nSPS) is 15.5. The van der Waals surface area contributed by atoms with Crippen molar-refractivity contribution in [3.8, 4) is 0 Å². The number of carbonyl (C=O) groups is 2. The molecule has 0 bridgehead atoms. The van der Waals surface area contributed by atoms with E-state index in [1.54, 1.807) is 16.2 Å². The summed E-state index contributed by atoms with van der Waals surface area (Å²) in [6.45, 7) is 3.23. The van der Waals surface area contributed by atoms with Gasteiger partial charge in [-0.3, -0.25) is 9.59 Å². The lowest BCUT2D eigenvalue weighted by molar-refractivity contribution is -0.129. The highest BCUT2D eigenvalue weighted by molar-refractivity contribution is 7.89. The number of hydrogen-bond donors (Lipinski definition) is 1. The van der Waals surface area contributed by atoms with Crippen LogP contribution < -0.4 is 5.32 Å². The van der Waals surface area contributed by atoms with Gasteiger partial charge in [0.05, 0.1) is 11.4 Å². The fraction of sp³-hybridized carbons (Fsp3) is 0.333. The Morgan fingerprint density at radius 2 is 1.74 bits per heavy atom. The molecule has 1 fully saturated rings. The van der Waals surface area contributed by atoms with E-state index in [4.69, 9.17) is 0 Å². The minimum Gasteiger partial charge on any atom is -0.347 e. The Balaban J connectivity index is 1.63. The van der Waals surface area contributed by atoms with Gasteiger partial charge in [-0.15, -0.1) is 11.3 Å². The predicted octanol–water partition coefficient (Wildman–Crippen LogP) is 1.53. The Kier molecular flexibility index (Phi) is 5.93. The fourth-order valence-electron chi connectivity index (χ4n) is 2.85. The summed E-state index contributed by atoms with van der Waals surface area (Å²) in [7, 11) is -3.64. The first-order valence-electron chi connectivity index (χ1n) is 8.54. The number of nitrogens with zero attached hydrogens (tertiary/aromatic N) is 2. The molecule has 0 unspecified atom stereocenters. The minimum absolute atomic E-state index is 0.0510. The van der Waals surface area contributed by atoms with Crippen LogP contribution >= 0.6 is 11.3 Å². The Labute approximate surface area is 162 Å². The van der Waals surface area contributed by atoms with Crippen LogP contribution in [0.25, 0.3) is 0 Å². The van der Waals surface area contributed by atoms with Gasteiger partial charge in [0.1, 0.15) is 0 Å². The fourth-order valence-corrected chi connectivity index (χ4v) is 4.92. The number of piperazine rings is 1. The van der Waals surface area contributed by atoms with E-state index in [9.17, 15) is 18.0 Å². The Morgan fingerprint density at radius 1 is 1.07 bits per heavy atom. The van der Waals surface area contributed by atoms with Gasteiger partial charge in [-0.2, -0.15) is 4.31 Å². The van der Waals surface area contributed by atoms with Crippen LogP contribution in [0.1, 0.15) is 22.2 Å². The number of amides is 2. The molecular formula is C18H21N3O4S2. The van der Waals surface area contributed by atoms with Gasteiger partial charge in [-0.05, 0) is 35.7 Å². The van der Waals surface area contributed by atoms with E-state index in [0.29, 0.717) is 25.2 Å². The summed E-state index contributed by atoms with van der Waals surface area (Å²) in [5.74, 6) is -0.299. The topological polar surface area (TPSA) is 86.8 Å². The van der Waals surface area contributed by atoms with Gasteiger partial charge < -0.3 is 10.2 Å². The van der Waals surface area contributed by atoms with E-state index in [1.807, 2.05) is 17.5 Å². The second kappa shape index (κ2) is 8.20. The monoisotopic (exact) mass is 407 g/mol. The van der Waals surface area contributed by atoms with Crippen molar-refractivity contribution in [1.82, 2.24) is 14.5 Å². The second-order valence-electron chi connectivity index (χ2n) is 6.20. The molecule has 0 saturated carbocycles. The highest BCUT2D eigenvalue weighted by Gasteiger charge is 2.29. The van der Waals surface area contributed by atoms with Crippen molar-refractivity contribution < 1.29 is 18.0 Å². The maximum Gasteiger partial charge on any atom is 0.251 e. The van der Waals surface area contributed by atoms with Crippen molar-refractivity contribution in [3.05, 3.63) is 52.2 Å². The van der Waals surface area contributed by atoms with E-state index >= 15 is 0 Å². The molecule has 0 atom stereocenters. The SMILES string of the molecule is CC(=O)N1CCN(S(=O)(=O)c2ccc(C(=O)NCc3cccs3)cc2)CC1. The van der Waals surface area contributed by atoms with Crippen LogP contribution in [0, 0.1) is 0 Å². The lowest BCUT2D eigenvalue weighted by atomic mass is 10.2. The molecule has 1 aliphatic rings. The van der Waals surface area contributed by atoms with E-state index in [0.717, 1.165) is 4.88 Å². The third kappa shape index (κ3) is 4.55. The average molecular weight is 408 g/mol.